The van der Waals surface area contributed by atoms with E-state index in [9.17, 15) is 13.5 Å². The summed E-state index contributed by atoms with van der Waals surface area (Å²) in [4.78, 5) is 0. The maximum atomic E-state index is 11.0. The van der Waals surface area contributed by atoms with Crippen molar-refractivity contribution in [2.24, 2.45) is 0 Å². The molecule has 0 aromatic heterocycles. The van der Waals surface area contributed by atoms with Crippen molar-refractivity contribution in [1.82, 2.24) is 5.32 Å². The molecule has 5 nitrogen and oxygen atoms in total. The van der Waals surface area contributed by atoms with Crippen LogP contribution in [0.3, 0.4) is 0 Å². The Kier molecular flexibility index (Phi) is 6.11. The number of aromatic hydroxyl groups is 1. The molecule has 2 N–H and O–H groups in total. The first kappa shape index (κ1) is 15.8. The number of nitrogens with one attached hydrogen (secondary N) is 1. The van der Waals surface area contributed by atoms with Crippen molar-refractivity contribution in [3.05, 3.63) is 23.8 Å². The first-order valence-electron chi connectivity index (χ1n) is 6.26. The Bertz CT molecular complexity index is 499. The summed E-state index contributed by atoms with van der Waals surface area (Å²) < 4.78 is 27.2. The first-order valence-corrected chi connectivity index (χ1v) is 8.32. The van der Waals surface area contributed by atoms with Crippen LogP contribution in [0, 0.1) is 0 Å². The summed E-state index contributed by atoms with van der Waals surface area (Å²) in [6.45, 7) is 3.43. The third kappa shape index (κ3) is 5.94. The number of benzene rings is 1. The van der Waals surface area contributed by atoms with E-state index in [2.05, 4.69) is 5.32 Å². The van der Waals surface area contributed by atoms with Gasteiger partial charge in [0.25, 0.3) is 0 Å². The maximum Gasteiger partial charge on any atom is 0.162 e. The number of phenols is 1. The van der Waals surface area contributed by atoms with Gasteiger partial charge in [-0.05, 0) is 26.0 Å². The normalized spacial score (nSPS) is 11.5. The Balaban J connectivity index is 2.43. The summed E-state index contributed by atoms with van der Waals surface area (Å²) in [5, 5.41) is 13.0. The number of rotatable bonds is 8. The molecular weight excluding hydrogens is 266 g/mol. The van der Waals surface area contributed by atoms with Crippen LogP contribution in [-0.2, 0) is 16.4 Å². The van der Waals surface area contributed by atoms with Gasteiger partial charge in [0.05, 0.1) is 12.4 Å². The fourth-order valence-corrected chi connectivity index (χ4v) is 2.33. The van der Waals surface area contributed by atoms with E-state index < -0.39 is 9.84 Å². The van der Waals surface area contributed by atoms with Crippen LogP contribution < -0.4 is 10.1 Å². The highest BCUT2D eigenvalue weighted by atomic mass is 32.2. The number of para-hydroxylation sites is 1. The van der Waals surface area contributed by atoms with E-state index in [-0.39, 0.29) is 11.5 Å². The smallest absolute Gasteiger partial charge is 0.162 e. The van der Waals surface area contributed by atoms with Gasteiger partial charge in [-0.25, -0.2) is 8.42 Å². The standard InChI is InChI=1S/C13H21NO4S/c1-3-18-12-7-4-6-11(13(12)15)10-14-8-5-9-19(2,16)17/h4,6-7,14-15H,3,5,8-10H2,1-2H3. The van der Waals surface area contributed by atoms with Crippen molar-refractivity contribution in [2.45, 2.75) is 19.9 Å². The van der Waals surface area contributed by atoms with Gasteiger partial charge in [-0.15, -0.1) is 0 Å². The predicted molar refractivity (Wildman–Crippen MR) is 75.3 cm³/mol. The zero-order chi connectivity index (χ0) is 14.3. The average Bonchev–Trinajstić information content (AvgIpc) is 2.32. The zero-order valence-corrected chi connectivity index (χ0v) is 12.2. The summed E-state index contributed by atoms with van der Waals surface area (Å²) in [6.07, 6.45) is 1.79. The number of sulfone groups is 1. The summed E-state index contributed by atoms with van der Waals surface area (Å²) in [5.74, 6) is 0.781. The van der Waals surface area contributed by atoms with Crippen LogP contribution in [-0.4, -0.2) is 38.7 Å². The molecule has 108 valence electrons. The molecule has 1 aromatic carbocycles. The molecule has 1 rings (SSSR count). The highest BCUT2D eigenvalue weighted by Gasteiger charge is 2.07. The molecule has 1 aromatic rings. The second-order valence-corrected chi connectivity index (χ2v) is 6.62. The van der Waals surface area contributed by atoms with Crippen molar-refractivity contribution in [1.29, 1.82) is 0 Å². The Labute approximate surface area is 114 Å². The Morgan fingerprint density at radius 2 is 2.11 bits per heavy atom. The second-order valence-electron chi connectivity index (χ2n) is 4.36. The van der Waals surface area contributed by atoms with Crippen LogP contribution in [0.4, 0.5) is 0 Å². The Morgan fingerprint density at radius 3 is 2.74 bits per heavy atom. The van der Waals surface area contributed by atoms with Crippen LogP contribution in [0.1, 0.15) is 18.9 Å². The van der Waals surface area contributed by atoms with Gasteiger partial charge >= 0.3 is 0 Å². The fourth-order valence-electron chi connectivity index (χ4n) is 1.66. The van der Waals surface area contributed by atoms with E-state index in [1.54, 1.807) is 12.1 Å². The van der Waals surface area contributed by atoms with Gasteiger partial charge in [0.2, 0.25) is 0 Å². The average molecular weight is 287 g/mol. The molecule has 19 heavy (non-hydrogen) atoms. The van der Waals surface area contributed by atoms with E-state index in [0.717, 1.165) is 5.56 Å². The topological polar surface area (TPSA) is 75.6 Å². The predicted octanol–water partition coefficient (Wildman–Crippen LogP) is 1.32. The lowest BCUT2D eigenvalue weighted by atomic mass is 10.2. The third-order valence-corrected chi connectivity index (χ3v) is 3.60. The largest absolute Gasteiger partial charge is 0.504 e. The summed E-state index contributed by atoms with van der Waals surface area (Å²) in [5.41, 5.74) is 0.741. The van der Waals surface area contributed by atoms with Gasteiger partial charge in [-0.3, -0.25) is 0 Å². The zero-order valence-electron chi connectivity index (χ0n) is 11.3. The van der Waals surface area contributed by atoms with Crippen molar-refractivity contribution in [2.75, 3.05) is 25.2 Å². The van der Waals surface area contributed by atoms with Crippen molar-refractivity contribution < 1.29 is 18.3 Å². The maximum absolute atomic E-state index is 11.0. The molecule has 0 fully saturated rings. The van der Waals surface area contributed by atoms with Gasteiger partial charge in [-0.1, -0.05) is 12.1 Å². The van der Waals surface area contributed by atoms with E-state index in [0.29, 0.717) is 31.9 Å². The number of ether oxygens (including phenoxy) is 1. The van der Waals surface area contributed by atoms with Crippen molar-refractivity contribution in [3.8, 4) is 11.5 Å². The molecule has 0 bridgehead atoms. The van der Waals surface area contributed by atoms with Crippen molar-refractivity contribution in [3.63, 3.8) is 0 Å². The molecule has 0 aliphatic rings. The fraction of sp³-hybridized carbons (Fsp3) is 0.538. The van der Waals surface area contributed by atoms with Crippen LogP contribution in [0.5, 0.6) is 11.5 Å². The SMILES string of the molecule is CCOc1cccc(CNCCCS(C)(=O)=O)c1O. The van der Waals surface area contributed by atoms with E-state index in [1.165, 1.54) is 6.26 Å². The molecule has 0 amide bonds. The number of hydrogen-bond donors (Lipinski definition) is 2. The van der Waals surface area contributed by atoms with Crippen LogP contribution >= 0.6 is 0 Å². The minimum atomic E-state index is -2.90. The van der Waals surface area contributed by atoms with Gasteiger partial charge in [0, 0.05) is 18.4 Å². The molecule has 0 spiro atoms. The Morgan fingerprint density at radius 1 is 1.37 bits per heavy atom. The van der Waals surface area contributed by atoms with E-state index in [1.807, 2.05) is 13.0 Å². The minimum absolute atomic E-state index is 0.139. The Hall–Kier alpha value is -1.27. The highest BCUT2D eigenvalue weighted by Crippen LogP contribution is 2.29. The number of phenolic OH excluding ortho intramolecular Hbond substituents is 1. The molecule has 0 aliphatic heterocycles. The molecule has 0 radical (unpaired) electrons. The lowest BCUT2D eigenvalue weighted by Crippen LogP contribution is -2.18. The summed E-state index contributed by atoms with van der Waals surface area (Å²) >= 11 is 0. The summed E-state index contributed by atoms with van der Waals surface area (Å²) in [7, 11) is -2.90. The molecule has 0 aliphatic carbocycles. The monoisotopic (exact) mass is 287 g/mol. The minimum Gasteiger partial charge on any atom is -0.504 e. The molecule has 0 saturated heterocycles. The lowest BCUT2D eigenvalue weighted by molar-refractivity contribution is 0.316. The van der Waals surface area contributed by atoms with E-state index in [4.69, 9.17) is 4.74 Å². The second kappa shape index (κ2) is 7.35. The molecule has 0 saturated carbocycles. The molecule has 0 heterocycles. The molecule has 6 heteroatoms. The van der Waals surface area contributed by atoms with Gasteiger partial charge in [-0.2, -0.15) is 0 Å². The summed E-state index contributed by atoms with van der Waals surface area (Å²) in [6, 6.07) is 5.34. The number of hydrogen-bond acceptors (Lipinski definition) is 5. The quantitative estimate of drug-likeness (QED) is 0.705. The van der Waals surface area contributed by atoms with Gasteiger partial charge in [0.15, 0.2) is 11.5 Å². The first-order chi connectivity index (χ1) is 8.94. The molecular formula is C13H21NO4S. The highest BCUT2D eigenvalue weighted by molar-refractivity contribution is 7.90. The van der Waals surface area contributed by atoms with Crippen LogP contribution in [0.25, 0.3) is 0 Å². The van der Waals surface area contributed by atoms with Crippen molar-refractivity contribution >= 4 is 9.84 Å². The van der Waals surface area contributed by atoms with Gasteiger partial charge in [0.1, 0.15) is 9.84 Å². The van der Waals surface area contributed by atoms with Crippen LogP contribution in [0.15, 0.2) is 18.2 Å². The van der Waals surface area contributed by atoms with E-state index >= 15 is 0 Å². The molecule has 0 unspecified atom stereocenters. The lowest BCUT2D eigenvalue weighted by Gasteiger charge is -2.10. The molecule has 0 atom stereocenters. The van der Waals surface area contributed by atoms with Gasteiger partial charge < -0.3 is 15.2 Å². The third-order valence-electron chi connectivity index (χ3n) is 2.57. The van der Waals surface area contributed by atoms with Crippen LogP contribution in [0.2, 0.25) is 0 Å².